The normalized spacial score (nSPS) is 10.9. The van der Waals surface area contributed by atoms with E-state index in [-0.39, 0.29) is 5.91 Å². The van der Waals surface area contributed by atoms with E-state index in [0.29, 0.717) is 5.56 Å². The highest BCUT2D eigenvalue weighted by Gasteiger charge is 2.20. The van der Waals surface area contributed by atoms with E-state index >= 15 is 0 Å². The van der Waals surface area contributed by atoms with Crippen LogP contribution in [0.5, 0.6) is 0 Å². The lowest BCUT2D eigenvalue weighted by atomic mass is 10.0. The number of nitriles is 1. The summed E-state index contributed by atoms with van der Waals surface area (Å²) in [7, 11) is 0. The monoisotopic (exact) mass is 238 g/mol. The summed E-state index contributed by atoms with van der Waals surface area (Å²) in [5.41, 5.74) is -0.292. The molecule has 0 atom stereocenters. The van der Waals surface area contributed by atoms with Gasteiger partial charge in [-0.25, -0.2) is 0 Å². The predicted octanol–water partition coefficient (Wildman–Crippen LogP) is 2.87. The molecule has 1 N–H and O–H groups in total. The summed E-state index contributed by atoms with van der Waals surface area (Å²) >= 11 is 0. The van der Waals surface area contributed by atoms with Crippen molar-refractivity contribution in [3.8, 4) is 6.07 Å². The van der Waals surface area contributed by atoms with Gasteiger partial charge in [-0.3, -0.25) is 4.79 Å². The number of fused-ring (bicyclic) bond motifs is 1. The molecule has 90 valence electrons. The first kappa shape index (κ1) is 12.1. The molecule has 2 aromatic carbocycles. The fourth-order valence-corrected chi connectivity index (χ4v) is 1.71. The van der Waals surface area contributed by atoms with Crippen molar-refractivity contribution in [3.63, 3.8) is 0 Å². The maximum absolute atomic E-state index is 12.0. The van der Waals surface area contributed by atoms with Crippen molar-refractivity contribution in [2.24, 2.45) is 0 Å². The summed E-state index contributed by atoms with van der Waals surface area (Å²) in [6, 6.07) is 15.4. The van der Waals surface area contributed by atoms with Gasteiger partial charge in [0.25, 0.3) is 5.91 Å². The molecular weight excluding hydrogens is 224 g/mol. The number of amides is 1. The van der Waals surface area contributed by atoms with Gasteiger partial charge in [0.1, 0.15) is 5.54 Å². The quantitative estimate of drug-likeness (QED) is 0.874. The van der Waals surface area contributed by atoms with Gasteiger partial charge in [-0.15, -0.1) is 0 Å². The molecule has 0 spiro atoms. The van der Waals surface area contributed by atoms with Crippen molar-refractivity contribution >= 4 is 16.7 Å². The molecule has 0 saturated heterocycles. The first-order valence-corrected chi connectivity index (χ1v) is 5.74. The molecule has 0 aliphatic carbocycles. The van der Waals surface area contributed by atoms with Gasteiger partial charge in [-0.05, 0) is 36.8 Å². The molecule has 1 amide bonds. The first-order chi connectivity index (χ1) is 8.52. The third-order valence-corrected chi connectivity index (χ3v) is 2.72. The summed E-state index contributed by atoms with van der Waals surface area (Å²) in [4.78, 5) is 12.0. The van der Waals surface area contributed by atoms with Gasteiger partial charge < -0.3 is 5.32 Å². The van der Waals surface area contributed by atoms with Crippen LogP contribution in [0.2, 0.25) is 0 Å². The number of nitrogens with zero attached hydrogens (tertiary/aromatic N) is 1. The maximum atomic E-state index is 12.0. The lowest BCUT2D eigenvalue weighted by molar-refractivity contribution is 0.0929. The van der Waals surface area contributed by atoms with E-state index in [1.165, 1.54) is 0 Å². The number of hydrogen-bond donors (Lipinski definition) is 1. The second kappa shape index (κ2) is 4.50. The minimum absolute atomic E-state index is 0.229. The molecule has 0 radical (unpaired) electrons. The molecule has 0 bridgehead atoms. The van der Waals surface area contributed by atoms with Gasteiger partial charge >= 0.3 is 0 Å². The first-order valence-electron chi connectivity index (χ1n) is 5.74. The Morgan fingerprint density at radius 1 is 1.17 bits per heavy atom. The smallest absolute Gasteiger partial charge is 0.252 e. The number of benzene rings is 2. The van der Waals surface area contributed by atoms with Crippen LogP contribution in [-0.2, 0) is 0 Å². The third-order valence-electron chi connectivity index (χ3n) is 2.72. The lowest BCUT2D eigenvalue weighted by Gasteiger charge is -2.17. The van der Waals surface area contributed by atoms with E-state index < -0.39 is 5.54 Å². The number of rotatable bonds is 2. The van der Waals surface area contributed by atoms with Crippen LogP contribution >= 0.6 is 0 Å². The number of carbonyl (C=O) groups excluding carboxylic acids is 1. The molecule has 0 saturated carbocycles. The third kappa shape index (κ3) is 2.49. The fourth-order valence-electron chi connectivity index (χ4n) is 1.71. The summed E-state index contributed by atoms with van der Waals surface area (Å²) < 4.78 is 0. The zero-order valence-electron chi connectivity index (χ0n) is 10.4. The van der Waals surface area contributed by atoms with Crippen LogP contribution in [0.25, 0.3) is 10.8 Å². The molecule has 0 aliphatic heterocycles. The van der Waals surface area contributed by atoms with Crippen molar-refractivity contribution in [1.82, 2.24) is 5.32 Å². The average molecular weight is 238 g/mol. The highest BCUT2D eigenvalue weighted by molar-refractivity contribution is 5.99. The van der Waals surface area contributed by atoms with E-state index in [0.717, 1.165) is 10.8 Å². The molecule has 3 nitrogen and oxygen atoms in total. The predicted molar refractivity (Wildman–Crippen MR) is 71.1 cm³/mol. The molecule has 0 aliphatic rings. The van der Waals surface area contributed by atoms with Crippen LogP contribution in [0.15, 0.2) is 42.5 Å². The van der Waals surface area contributed by atoms with Crippen LogP contribution in [0, 0.1) is 11.3 Å². The molecule has 18 heavy (non-hydrogen) atoms. The molecule has 2 aromatic rings. The van der Waals surface area contributed by atoms with Gasteiger partial charge in [0.15, 0.2) is 0 Å². The highest BCUT2D eigenvalue weighted by atomic mass is 16.1. The van der Waals surface area contributed by atoms with Gasteiger partial charge in [-0.1, -0.05) is 30.3 Å². The van der Waals surface area contributed by atoms with E-state index in [1.807, 2.05) is 42.5 Å². The number of hydrogen-bond acceptors (Lipinski definition) is 2. The zero-order chi connectivity index (χ0) is 13.2. The molecule has 0 aromatic heterocycles. The standard InChI is InChI=1S/C15H14N2O/c1-15(2,10-16)17-14(18)13-8-7-11-5-3-4-6-12(11)9-13/h3-9H,1-2H3,(H,17,18). The largest absolute Gasteiger partial charge is 0.334 e. The maximum Gasteiger partial charge on any atom is 0.252 e. The highest BCUT2D eigenvalue weighted by Crippen LogP contribution is 2.16. The van der Waals surface area contributed by atoms with Crippen LogP contribution < -0.4 is 5.32 Å². The second-order valence-electron chi connectivity index (χ2n) is 4.75. The Hall–Kier alpha value is -2.34. The minimum atomic E-state index is -0.858. The Labute approximate surface area is 106 Å². The summed E-state index contributed by atoms with van der Waals surface area (Å²) in [5.74, 6) is -0.229. The van der Waals surface area contributed by atoms with Crippen LogP contribution in [0.3, 0.4) is 0 Å². The molecular formula is C15H14N2O. The summed E-state index contributed by atoms with van der Waals surface area (Å²) in [5, 5.41) is 13.7. The summed E-state index contributed by atoms with van der Waals surface area (Å²) in [6.07, 6.45) is 0. The van der Waals surface area contributed by atoms with Crippen molar-refractivity contribution in [3.05, 3.63) is 48.0 Å². The van der Waals surface area contributed by atoms with Crippen LogP contribution in [0.1, 0.15) is 24.2 Å². The van der Waals surface area contributed by atoms with Crippen LogP contribution in [-0.4, -0.2) is 11.4 Å². The van der Waals surface area contributed by atoms with Crippen molar-refractivity contribution in [1.29, 1.82) is 5.26 Å². The van der Waals surface area contributed by atoms with Gasteiger partial charge in [0, 0.05) is 5.56 Å². The van der Waals surface area contributed by atoms with E-state index in [4.69, 9.17) is 5.26 Å². The Kier molecular flexibility index (Phi) is 3.03. The molecule has 2 rings (SSSR count). The lowest BCUT2D eigenvalue weighted by Crippen LogP contribution is -2.42. The number of carbonyl (C=O) groups is 1. The van der Waals surface area contributed by atoms with Crippen LogP contribution in [0.4, 0.5) is 0 Å². The zero-order valence-corrected chi connectivity index (χ0v) is 10.4. The van der Waals surface area contributed by atoms with Gasteiger partial charge in [-0.2, -0.15) is 5.26 Å². The average Bonchev–Trinajstić information content (AvgIpc) is 2.37. The van der Waals surface area contributed by atoms with Crippen molar-refractivity contribution < 1.29 is 4.79 Å². The van der Waals surface area contributed by atoms with E-state index in [2.05, 4.69) is 5.32 Å². The Morgan fingerprint density at radius 2 is 1.83 bits per heavy atom. The van der Waals surface area contributed by atoms with Crippen molar-refractivity contribution in [2.45, 2.75) is 19.4 Å². The molecule has 0 fully saturated rings. The second-order valence-corrected chi connectivity index (χ2v) is 4.75. The van der Waals surface area contributed by atoms with Crippen molar-refractivity contribution in [2.75, 3.05) is 0 Å². The Morgan fingerprint density at radius 3 is 2.50 bits per heavy atom. The summed E-state index contributed by atoms with van der Waals surface area (Å²) in [6.45, 7) is 3.35. The van der Waals surface area contributed by atoms with Gasteiger partial charge in [0.05, 0.1) is 6.07 Å². The molecule has 0 heterocycles. The topological polar surface area (TPSA) is 52.9 Å². The molecule has 0 unspecified atom stereocenters. The fraction of sp³-hybridized carbons (Fsp3) is 0.200. The van der Waals surface area contributed by atoms with E-state index in [9.17, 15) is 4.79 Å². The Bertz CT molecular complexity index is 638. The SMILES string of the molecule is CC(C)(C#N)NC(=O)c1ccc2ccccc2c1. The Balaban J connectivity index is 2.32. The van der Waals surface area contributed by atoms with E-state index in [1.54, 1.807) is 19.9 Å². The minimum Gasteiger partial charge on any atom is -0.334 e. The number of nitrogens with one attached hydrogen (secondary N) is 1. The van der Waals surface area contributed by atoms with Gasteiger partial charge in [0.2, 0.25) is 0 Å². The molecule has 3 heteroatoms.